The van der Waals surface area contributed by atoms with Gasteiger partial charge >= 0.3 is 39.5 Å². The van der Waals surface area contributed by atoms with Crippen molar-refractivity contribution in [1.82, 2.24) is 0 Å². The third-order valence-electron chi connectivity index (χ3n) is 14.8. The molecule has 0 aromatic rings. The van der Waals surface area contributed by atoms with E-state index in [0.717, 1.165) is 115 Å². The first-order valence-corrected chi connectivity index (χ1v) is 37.2. The van der Waals surface area contributed by atoms with Gasteiger partial charge in [0.1, 0.15) is 19.3 Å². The quantitative estimate of drug-likeness (QED) is 0.0169. The van der Waals surface area contributed by atoms with Crippen LogP contribution < -0.4 is 0 Å². The monoisotopic (exact) mass is 1260 g/mol. The van der Waals surface area contributed by atoms with E-state index >= 15 is 0 Å². The fraction of sp³-hybridized carbons (Fsp3) is 0.881. The number of phosphoric acid groups is 2. The molecule has 3 N–H and O–H groups in total. The van der Waals surface area contributed by atoms with Gasteiger partial charge in [0, 0.05) is 25.7 Å². The maximum atomic E-state index is 13.0. The number of aliphatic hydroxyl groups is 1. The van der Waals surface area contributed by atoms with Crippen LogP contribution in [0.15, 0.2) is 24.3 Å². The average molecular weight is 1270 g/mol. The van der Waals surface area contributed by atoms with Gasteiger partial charge in [-0.05, 0) is 69.1 Å². The van der Waals surface area contributed by atoms with Crippen LogP contribution in [0, 0.1) is 17.8 Å². The molecule has 0 bridgehead atoms. The highest BCUT2D eigenvalue weighted by atomic mass is 31.2. The summed E-state index contributed by atoms with van der Waals surface area (Å²) >= 11 is 0. The number of hydrogen-bond acceptors (Lipinski definition) is 15. The highest BCUT2D eigenvalue weighted by molar-refractivity contribution is 7.47. The van der Waals surface area contributed by atoms with Crippen LogP contribution in [0.3, 0.4) is 0 Å². The molecule has 0 radical (unpaired) electrons. The second kappa shape index (κ2) is 57.7. The first kappa shape index (κ1) is 83.5. The molecule has 506 valence electrons. The summed E-state index contributed by atoms with van der Waals surface area (Å²) < 4.78 is 68.0. The van der Waals surface area contributed by atoms with Gasteiger partial charge in [0.15, 0.2) is 12.2 Å². The topological polar surface area (TPSA) is 237 Å². The number of hydrogen-bond donors (Lipinski definition) is 3. The van der Waals surface area contributed by atoms with Gasteiger partial charge in [0.05, 0.1) is 26.4 Å². The Kier molecular flexibility index (Phi) is 56.0. The fourth-order valence-electron chi connectivity index (χ4n) is 9.47. The van der Waals surface area contributed by atoms with Crippen LogP contribution in [0.5, 0.6) is 0 Å². The lowest BCUT2D eigenvalue weighted by Crippen LogP contribution is -2.30. The van der Waals surface area contributed by atoms with Crippen molar-refractivity contribution < 1.29 is 80.2 Å². The fourth-order valence-corrected chi connectivity index (χ4v) is 11.0. The molecule has 0 heterocycles. The molecule has 0 spiro atoms. The molecule has 0 amide bonds. The number of aliphatic hydroxyl groups excluding tert-OH is 1. The van der Waals surface area contributed by atoms with E-state index in [-0.39, 0.29) is 25.7 Å². The van der Waals surface area contributed by atoms with Gasteiger partial charge in [-0.15, -0.1) is 0 Å². The van der Waals surface area contributed by atoms with E-state index in [1.54, 1.807) is 0 Å². The maximum absolute atomic E-state index is 13.0. The number of ether oxygens (including phenoxy) is 4. The number of rotatable bonds is 63. The standard InChI is InChI=1S/C67H126O17P2/c1-8-9-10-11-12-13-14-15-16-17-18-21-27-36-43-50-66(71)83-62(54-78-65(70)49-42-35-28-23-25-32-39-46-59(4)5)56-81-85(73,74)79-52-61(68)53-80-86(75,76)82-57-63(84-67(72)51-44-37-30-29-33-40-47-60(6)7)55-77-64(69)48-41-34-26-22-19-20-24-31-38-45-58(2)3/h13-16,58-63,68H,8-12,17-57H2,1-7H3,(H,73,74)(H,75,76)/b14-13-,16-15-/t61?,62-,63-/m1/s1. The van der Waals surface area contributed by atoms with Crippen LogP contribution in [0.4, 0.5) is 0 Å². The Morgan fingerprint density at radius 3 is 0.942 bits per heavy atom. The average Bonchev–Trinajstić information content (AvgIpc) is 3.67. The SMILES string of the molecule is CCCCCC/C=C\C=C/CCCCCCCC(=O)O[C@H](COC(=O)CCCCCCCCCC(C)C)COP(=O)(O)OCC(O)COP(=O)(O)OC[C@@H](COC(=O)CCCCCCCCCCCC(C)C)OC(=O)CCCCCCCCC(C)C. The number of carbonyl (C=O) groups is 4. The summed E-state index contributed by atoms with van der Waals surface area (Å²) in [5.41, 5.74) is 0. The zero-order valence-electron chi connectivity index (χ0n) is 55.3. The van der Waals surface area contributed by atoms with Crippen LogP contribution >= 0.6 is 15.6 Å². The molecule has 3 unspecified atom stereocenters. The molecule has 0 saturated heterocycles. The van der Waals surface area contributed by atoms with Crippen molar-refractivity contribution in [1.29, 1.82) is 0 Å². The number of unbranched alkanes of at least 4 members (excludes halogenated alkanes) is 28. The minimum Gasteiger partial charge on any atom is -0.462 e. The number of allylic oxidation sites excluding steroid dienone is 4. The Balaban J connectivity index is 5.27. The van der Waals surface area contributed by atoms with Gasteiger partial charge in [0.2, 0.25) is 0 Å². The highest BCUT2D eigenvalue weighted by Crippen LogP contribution is 2.45. The Hall–Kier alpha value is -2.46. The number of carbonyl (C=O) groups excluding carboxylic acids is 4. The Bertz CT molecular complexity index is 1790. The number of esters is 4. The highest BCUT2D eigenvalue weighted by Gasteiger charge is 2.30. The lowest BCUT2D eigenvalue weighted by atomic mass is 10.0. The molecule has 0 aromatic carbocycles. The van der Waals surface area contributed by atoms with E-state index in [4.69, 9.17) is 37.0 Å². The van der Waals surface area contributed by atoms with Crippen molar-refractivity contribution in [2.45, 2.75) is 324 Å². The van der Waals surface area contributed by atoms with Crippen LogP contribution in [0.25, 0.3) is 0 Å². The van der Waals surface area contributed by atoms with Gasteiger partial charge in [-0.25, -0.2) is 9.13 Å². The Morgan fingerprint density at radius 2 is 0.628 bits per heavy atom. The van der Waals surface area contributed by atoms with E-state index < -0.39 is 97.5 Å². The van der Waals surface area contributed by atoms with Crippen molar-refractivity contribution in [3.05, 3.63) is 24.3 Å². The predicted molar refractivity (Wildman–Crippen MR) is 344 cm³/mol. The smallest absolute Gasteiger partial charge is 0.462 e. The molecule has 0 aromatic heterocycles. The lowest BCUT2D eigenvalue weighted by molar-refractivity contribution is -0.161. The first-order chi connectivity index (χ1) is 41.2. The molecule has 19 heteroatoms. The summed E-state index contributed by atoms with van der Waals surface area (Å²) in [5.74, 6) is -0.0558. The normalized spacial score (nSPS) is 14.5. The van der Waals surface area contributed by atoms with E-state index in [9.17, 15) is 43.2 Å². The zero-order chi connectivity index (χ0) is 63.8. The van der Waals surface area contributed by atoms with Crippen LogP contribution in [-0.4, -0.2) is 96.7 Å². The molecule has 5 atom stereocenters. The molecule has 0 aliphatic carbocycles. The minimum absolute atomic E-state index is 0.0835. The van der Waals surface area contributed by atoms with E-state index in [1.807, 2.05) is 0 Å². The van der Waals surface area contributed by atoms with E-state index in [1.165, 1.54) is 96.3 Å². The third-order valence-corrected chi connectivity index (χ3v) is 16.7. The molecule has 0 fully saturated rings. The summed E-state index contributed by atoms with van der Waals surface area (Å²) in [6.45, 7) is 11.6. The molecule has 0 aliphatic heterocycles. The Morgan fingerprint density at radius 1 is 0.360 bits per heavy atom. The van der Waals surface area contributed by atoms with Gasteiger partial charge in [-0.1, -0.05) is 253 Å². The second-order valence-corrected chi connectivity index (χ2v) is 27.9. The lowest BCUT2D eigenvalue weighted by Gasteiger charge is -2.21. The Labute approximate surface area is 522 Å². The second-order valence-electron chi connectivity index (χ2n) is 25.0. The largest absolute Gasteiger partial charge is 0.472 e. The summed E-state index contributed by atoms with van der Waals surface area (Å²) in [7, 11) is -9.91. The van der Waals surface area contributed by atoms with Crippen LogP contribution in [0.2, 0.25) is 0 Å². The molecular formula is C67H126O17P2. The van der Waals surface area contributed by atoms with E-state index in [2.05, 4.69) is 72.8 Å². The van der Waals surface area contributed by atoms with Gasteiger partial charge in [-0.2, -0.15) is 0 Å². The molecule has 0 aliphatic rings. The van der Waals surface area contributed by atoms with Gasteiger partial charge < -0.3 is 33.8 Å². The molecular weight excluding hydrogens is 1140 g/mol. The van der Waals surface area contributed by atoms with E-state index in [0.29, 0.717) is 37.5 Å². The summed E-state index contributed by atoms with van der Waals surface area (Å²) in [4.78, 5) is 72.3. The van der Waals surface area contributed by atoms with Gasteiger partial charge in [0.25, 0.3) is 0 Å². The predicted octanol–water partition coefficient (Wildman–Crippen LogP) is 18.2. The van der Waals surface area contributed by atoms with Crippen LogP contribution in [-0.2, 0) is 65.4 Å². The van der Waals surface area contributed by atoms with Crippen molar-refractivity contribution in [2.24, 2.45) is 17.8 Å². The molecule has 0 saturated carbocycles. The van der Waals surface area contributed by atoms with Crippen molar-refractivity contribution in [2.75, 3.05) is 39.6 Å². The zero-order valence-corrected chi connectivity index (χ0v) is 57.0. The summed E-state index contributed by atoms with van der Waals surface area (Å²) in [6.07, 6.45) is 42.8. The number of phosphoric ester groups is 2. The van der Waals surface area contributed by atoms with Crippen LogP contribution in [0.1, 0.15) is 305 Å². The first-order valence-electron chi connectivity index (χ1n) is 34.2. The summed E-state index contributed by atoms with van der Waals surface area (Å²) in [5, 5.41) is 10.5. The van der Waals surface area contributed by atoms with Gasteiger partial charge in [-0.3, -0.25) is 37.3 Å². The minimum atomic E-state index is -4.96. The molecule has 86 heavy (non-hydrogen) atoms. The molecule has 17 nitrogen and oxygen atoms in total. The third kappa shape index (κ3) is 60.5. The van der Waals surface area contributed by atoms with Crippen molar-refractivity contribution in [3.63, 3.8) is 0 Å². The summed E-state index contributed by atoms with van der Waals surface area (Å²) in [6, 6.07) is 0. The van der Waals surface area contributed by atoms with Crippen molar-refractivity contribution in [3.8, 4) is 0 Å². The maximum Gasteiger partial charge on any atom is 0.472 e. The molecule has 0 rings (SSSR count). The van der Waals surface area contributed by atoms with Crippen molar-refractivity contribution >= 4 is 39.5 Å².